The molecular formula is C16H25Cl2N3O3S. The molecule has 0 aromatic heterocycles. The predicted molar refractivity (Wildman–Crippen MR) is 102 cm³/mol. The van der Waals surface area contributed by atoms with Crippen LogP contribution >= 0.6 is 24.0 Å². The monoisotopic (exact) mass is 409 g/mol. The van der Waals surface area contributed by atoms with Crippen LogP contribution in [0.15, 0.2) is 29.2 Å². The van der Waals surface area contributed by atoms with Crippen molar-refractivity contribution in [3.05, 3.63) is 29.3 Å². The lowest BCUT2D eigenvalue weighted by Crippen LogP contribution is -2.49. The molecule has 1 aromatic rings. The van der Waals surface area contributed by atoms with Gasteiger partial charge in [-0.3, -0.25) is 0 Å². The van der Waals surface area contributed by atoms with Gasteiger partial charge in [-0.15, -0.1) is 12.4 Å². The van der Waals surface area contributed by atoms with Gasteiger partial charge in [0.15, 0.2) is 9.84 Å². The molecule has 1 aliphatic rings. The first-order chi connectivity index (χ1) is 11.3. The van der Waals surface area contributed by atoms with Gasteiger partial charge in [-0.05, 0) is 45.1 Å². The first-order valence-corrected chi connectivity index (χ1v) is 9.90. The first-order valence-electron chi connectivity index (χ1n) is 7.97. The number of sulfone groups is 1. The van der Waals surface area contributed by atoms with Gasteiger partial charge in [-0.2, -0.15) is 0 Å². The molecule has 1 atom stereocenters. The maximum atomic E-state index is 12.8. The van der Waals surface area contributed by atoms with Crippen molar-refractivity contribution in [2.45, 2.75) is 23.0 Å². The molecule has 142 valence electrons. The molecule has 1 heterocycles. The number of nitrogens with zero attached hydrogens (tertiary/aromatic N) is 2. The van der Waals surface area contributed by atoms with Crippen LogP contribution in [0.1, 0.15) is 12.8 Å². The number of likely N-dealkylation sites (N-methyl/N-ethyl adjacent to an activating group) is 1. The molecule has 0 saturated carbocycles. The Bertz CT molecular complexity index is 683. The normalized spacial score (nSPS) is 17.9. The molecule has 0 aliphatic carbocycles. The number of carbonyl (C=O) groups is 1. The molecule has 1 unspecified atom stereocenters. The van der Waals surface area contributed by atoms with E-state index in [1.165, 1.54) is 6.07 Å². The van der Waals surface area contributed by atoms with Gasteiger partial charge in [0.05, 0.1) is 10.1 Å². The highest BCUT2D eigenvalue weighted by Gasteiger charge is 2.33. The maximum absolute atomic E-state index is 12.8. The van der Waals surface area contributed by atoms with Crippen LogP contribution in [0.2, 0.25) is 5.02 Å². The largest absolute Gasteiger partial charge is 0.337 e. The van der Waals surface area contributed by atoms with E-state index >= 15 is 0 Å². The molecule has 6 nitrogen and oxygen atoms in total. The molecule has 25 heavy (non-hydrogen) atoms. The van der Waals surface area contributed by atoms with E-state index in [0.717, 1.165) is 6.54 Å². The van der Waals surface area contributed by atoms with Gasteiger partial charge in [-0.1, -0.05) is 17.7 Å². The van der Waals surface area contributed by atoms with E-state index in [2.05, 4.69) is 5.32 Å². The second-order valence-electron chi connectivity index (χ2n) is 6.25. The average molecular weight is 410 g/mol. The number of nitrogens with one attached hydrogen (secondary N) is 1. The van der Waals surface area contributed by atoms with Gasteiger partial charge in [0.1, 0.15) is 0 Å². The summed E-state index contributed by atoms with van der Waals surface area (Å²) in [6.45, 7) is 2.07. The van der Waals surface area contributed by atoms with Crippen LogP contribution in [-0.2, 0) is 9.84 Å². The second kappa shape index (κ2) is 9.62. The summed E-state index contributed by atoms with van der Waals surface area (Å²) >= 11 is 5.91. The van der Waals surface area contributed by atoms with Crippen LogP contribution in [0.25, 0.3) is 0 Å². The lowest BCUT2D eigenvalue weighted by molar-refractivity contribution is 0.186. The highest BCUT2D eigenvalue weighted by Crippen LogP contribution is 2.25. The van der Waals surface area contributed by atoms with Gasteiger partial charge in [-0.25, -0.2) is 13.2 Å². The summed E-state index contributed by atoms with van der Waals surface area (Å²) in [6.07, 6.45) is 1.22. The average Bonchev–Trinajstić information content (AvgIpc) is 2.54. The highest BCUT2D eigenvalue weighted by molar-refractivity contribution is 7.92. The summed E-state index contributed by atoms with van der Waals surface area (Å²) < 4.78 is 25.6. The Morgan fingerprint density at radius 1 is 1.40 bits per heavy atom. The molecular weight excluding hydrogens is 385 g/mol. The highest BCUT2D eigenvalue weighted by atomic mass is 35.5. The van der Waals surface area contributed by atoms with Gasteiger partial charge in [0.2, 0.25) is 0 Å². The topological polar surface area (TPSA) is 69.7 Å². The molecule has 1 aromatic carbocycles. The zero-order valence-electron chi connectivity index (χ0n) is 14.4. The van der Waals surface area contributed by atoms with E-state index in [0.29, 0.717) is 31.0 Å². The van der Waals surface area contributed by atoms with Crippen molar-refractivity contribution in [1.29, 1.82) is 0 Å². The number of rotatable bonds is 5. The van der Waals surface area contributed by atoms with Crippen molar-refractivity contribution in [2.75, 3.05) is 40.3 Å². The van der Waals surface area contributed by atoms with Crippen molar-refractivity contribution in [1.82, 2.24) is 15.1 Å². The van der Waals surface area contributed by atoms with Crippen LogP contribution in [0.4, 0.5) is 4.79 Å². The van der Waals surface area contributed by atoms with Crippen molar-refractivity contribution < 1.29 is 13.2 Å². The van der Waals surface area contributed by atoms with E-state index in [1.54, 1.807) is 23.1 Å². The number of piperidine rings is 1. The van der Waals surface area contributed by atoms with E-state index in [4.69, 9.17) is 11.6 Å². The summed E-state index contributed by atoms with van der Waals surface area (Å²) in [5, 5.41) is 2.63. The Labute approximate surface area is 160 Å². The Hall–Kier alpha value is -1.02. The summed E-state index contributed by atoms with van der Waals surface area (Å²) in [5.41, 5.74) is 0. The van der Waals surface area contributed by atoms with Crippen LogP contribution in [-0.4, -0.2) is 69.8 Å². The van der Waals surface area contributed by atoms with Crippen molar-refractivity contribution in [3.8, 4) is 0 Å². The molecule has 2 rings (SSSR count). The third-order valence-electron chi connectivity index (χ3n) is 4.06. The van der Waals surface area contributed by atoms with E-state index in [9.17, 15) is 13.2 Å². The van der Waals surface area contributed by atoms with Gasteiger partial charge >= 0.3 is 6.03 Å². The van der Waals surface area contributed by atoms with Crippen molar-refractivity contribution in [2.24, 2.45) is 0 Å². The smallest absolute Gasteiger partial charge is 0.317 e. The summed E-state index contributed by atoms with van der Waals surface area (Å²) in [6, 6.07) is 6.09. The van der Waals surface area contributed by atoms with E-state index < -0.39 is 15.1 Å². The number of likely N-dealkylation sites (tertiary alicyclic amines) is 1. The molecule has 1 N–H and O–H groups in total. The van der Waals surface area contributed by atoms with Gasteiger partial charge in [0.25, 0.3) is 0 Å². The van der Waals surface area contributed by atoms with Crippen LogP contribution in [0.3, 0.4) is 0 Å². The fraction of sp³-hybridized carbons (Fsp3) is 0.562. The molecule has 0 bridgehead atoms. The molecule has 1 aliphatic heterocycles. The van der Waals surface area contributed by atoms with E-state index in [1.807, 2.05) is 19.0 Å². The van der Waals surface area contributed by atoms with Crippen LogP contribution in [0, 0.1) is 0 Å². The lowest BCUT2D eigenvalue weighted by Gasteiger charge is -2.32. The zero-order valence-corrected chi connectivity index (χ0v) is 16.8. The minimum absolute atomic E-state index is 0. The van der Waals surface area contributed by atoms with Crippen molar-refractivity contribution in [3.63, 3.8) is 0 Å². The number of benzene rings is 1. The standard InChI is InChI=1S/C16H24ClN3O3S.ClH/c1-19(2)10-8-18-16(21)20-9-4-7-15(12-20)24(22,23)14-6-3-5-13(17)11-14;/h3,5-6,11,15H,4,7-10,12H2,1-2H3,(H,18,21);1H. The summed E-state index contributed by atoms with van der Waals surface area (Å²) in [7, 11) is 0.363. The Morgan fingerprint density at radius 2 is 2.12 bits per heavy atom. The van der Waals surface area contributed by atoms with Crippen molar-refractivity contribution >= 4 is 39.9 Å². The zero-order chi connectivity index (χ0) is 17.7. The van der Waals surface area contributed by atoms with Gasteiger partial charge in [0, 0.05) is 31.2 Å². The molecule has 9 heteroatoms. The fourth-order valence-electron chi connectivity index (χ4n) is 2.71. The van der Waals surface area contributed by atoms with E-state index in [-0.39, 0.29) is 29.9 Å². The SMILES string of the molecule is CN(C)CCNC(=O)N1CCCC(S(=O)(=O)c2cccc(Cl)c2)C1.Cl. The minimum atomic E-state index is -3.50. The van der Waals surface area contributed by atoms with Crippen LogP contribution in [0.5, 0.6) is 0 Å². The lowest BCUT2D eigenvalue weighted by atomic mass is 10.1. The number of carbonyl (C=O) groups excluding carboxylic acids is 1. The molecule has 0 radical (unpaired) electrons. The summed E-state index contributed by atoms with van der Waals surface area (Å²) in [5.74, 6) is 0. The maximum Gasteiger partial charge on any atom is 0.317 e. The second-order valence-corrected chi connectivity index (χ2v) is 8.91. The molecule has 2 amide bonds. The molecule has 0 spiro atoms. The minimum Gasteiger partial charge on any atom is -0.337 e. The predicted octanol–water partition coefficient (Wildman–Crippen LogP) is 2.27. The first kappa shape index (κ1) is 22.0. The number of hydrogen-bond acceptors (Lipinski definition) is 4. The molecule has 1 saturated heterocycles. The molecule has 1 fully saturated rings. The summed E-state index contributed by atoms with van der Waals surface area (Å²) in [4.78, 5) is 16.0. The Morgan fingerprint density at radius 3 is 2.76 bits per heavy atom. The third-order valence-corrected chi connectivity index (χ3v) is 6.47. The quantitative estimate of drug-likeness (QED) is 0.809. The number of hydrogen-bond donors (Lipinski definition) is 1. The third kappa shape index (κ3) is 6.02. The fourth-order valence-corrected chi connectivity index (χ4v) is 4.76. The Balaban J connectivity index is 0.00000312. The van der Waals surface area contributed by atoms with Crippen LogP contribution < -0.4 is 5.32 Å². The number of halogens is 2. The number of amides is 2. The van der Waals surface area contributed by atoms with Gasteiger partial charge < -0.3 is 15.1 Å². The number of urea groups is 1. The Kier molecular flexibility index (Phi) is 8.47.